The topological polar surface area (TPSA) is 218 Å². The molecule has 2 aliphatic heterocycles. The maximum Gasteiger partial charge on any atom is 0.436 e. The number of rotatable bonds is 2. The van der Waals surface area contributed by atoms with Crippen LogP contribution in [-0.4, -0.2) is 75.0 Å². The van der Waals surface area contributed by atoms with Crippen LogP contribution in [0.5, 0.6) is 0 Å². The number of halogens is 1. The van der Waals surface area contributed by atoms with Gasteiger partial charge in [-0.25, -0.2) is 42.8 Å². The first kappa shape index (κ1) is 31.0. The van der Waals surface area contributed by atoms with E-state index < -0.39 is 62.2 Å². The summed E-state index contributed by atoms with van der Waals surface area (Å²) in [5, 5.41) is 0. The van der Waals surface area contributed by atoms with Gasteiger partial charge in [0.05, 0.1) is 25.9 Å². The normalized spacial score (nSPS) is 35.0. The summed E-state index contributed by atoms with van der Waals surface area (Å²) in [6.07, 6.45) is 1.00. The predicted molar refractivity (Wildman–Crippen MR) is 168 cm³/mol. The minimum atomic E-state index is -4.27. The van der Waals surface area contributed by atoms with Crippen molar-refractivity contribution in [1.82, 2.24) is 43.4 Å². The number of nitrogen functional groups attached to an aromatic ring is 1. The predicted octanol–water partition coefficient (Wildman–Crippen LogP) is 3.25. The Morgan fingerprint density at radius 3 is 2.64 bits per heavy atom. The molecule has 0 spiro atoms. The molecule has 3 fully saturated rings. The van der Waals surface area contributed by atoms with Crippen LogP contribution in [0.15, 0.2) is 48.5 Å². The minimum Gasteiger partial charge on any atom is -0.422 e. The lowest BCUT2D eigenvalue weighted by Gasteiger charge is -2.45. The third-order valence-corrected chi connectivity index (χ3v) is 11.7. The molecule has 0 aromatic carbocycles. The van der Waals surface area contributed by atoms with E-state index in [4.69, 9.17) is 28.6 Å². The molecular weight excluding hydrogens is 701 g/mol. The Morgan fingerprint density at radius 1 is 1.04 bits per heavy atom. The van der Waals surface area contributed by atoms with Gasteiger partial charge in [-0.2, -0.15) is 0 Å². The molecule has 3 aliphatic rings. The molecule has 0 radical (unpaired) electrons. The summed E-state index contributed by atoms with van der Waals surface area (Å²) in [5.41, 5.74) is 6.46. The highest BCUT2D eigenvalue weighted by atomic mass is 32.7. The van der Waals surface area contributed by atoms with Crippen LogP contribution < -0.4 is 11.3 Å². The molecule has 0 unspecified atom stereocenters. The number of aromatic nitrogens is 9. The molecule has 3 N–H and O–H groups in total. The van der Waals surface area contributed by atoms with Crippen LogP contribution in [0.4, 0.5) is 10.2 Å². The van der Waals surface area contributed by atoms with Crippen molar-refractivity contribution in [3.8, 4) is 0 Å². The lowest BCUT2D eigenvalue weighted by molar-refractivity contribution is -0.0437. The third kappa shape index (κ3) is 5.20. The highest BCUT2D eigenvalue weighted by Gasteiger charge is 2.53. The highest BCUT2D eigenvalue weighted by molar-refractivity contribution is 8.44. The lowest BCUT2D eigenvalue weighted by atomic mass is 9.68. The van der Waals surface area contributed by atoms with Crippen LogP contribution in [0.3, 0.4) is 0 Å². The summed E-state index contributed by atoms with van der Waals surface area (Å²) in [5.74, 6) is -0.565. The van der Waals surface area contributed by atoms with Gasteiger partial charge in [0, 0.05) is 24.4 Å². The Labute approximate surface area is 273 Å². The fourth-order valence-corrected chi connectivity index (χ4v) is 9.14. The lowest BCUT2D eigenvalue weighted by Crippen LogP contribution is -2.42. The molecule has 0 amide bonds. The Hall–Kier alpha value is -3.29. The van der Waals surface area contributed by atoms with Gasteiger partial charge < -0.3 is 29.1 Å². The maximum absolute atomic E-state index is 16.1. The van der Waals surface area contributed by atoms with E-state index in [2.05, 4.69) is 61.0 Å². The zero-order chi connectivity index (χ0) is 32.8. The van der Waals surface area contributed by atoms with Crippen LogP contribution >= 0.6 is 38.1 Å². The molecule has 9 atom stereocenters. The molecule has 1 aliphatic carbocycles. The van der Waals surface area contributed by atoms with Crippen molar-refractivity contribution in [3.05, 3.63) is 54.1 Å². The van der Waals surface area contributed by atoms with Crippen LogP contribution in [-0.2, 0) is 32.0 Å². The fraction of sp³-hybridized carbons (Fsp3) is 0.417. The molecule has 7 heterocycles. The standard InChI is InChI=1S/C24H25FN10O8P2S2/c1-10-14-11(4-12(14)34-8-30-16-19(26)28-7-29-20(16)34)5-39-45(38,47)43-18-15(25)13(6-40-44(37,46)42-10)41-23(18)35-9-31-17-21(35)32-24-27-2-3-33(24)22(17)36/h2-3,7-9,11-15,18,23H,1,4-6H2,(H,27,32)(H,37,46)(H,38,47)(H2,26,28,29)/t11-,12-,13-,14-,15-,18-,23-,44-,45-/m1/s1. The molecule has 8 rings (SSSR count). The molecule has 18 nitrogen and oxygen atoms in total. The van der Waals surface area contributed by atoms with E-state index in [9.17, 15) is 13.9 Å². The first-order valence-electron chi connectivity index (χ1n) is 14.1. The Morgan fingerprint density at radius 2 is 1.81 bits per heavy atom. The van der Waals surface area contributed by atoms with Gasteiger partial charge >= 0.3 is 13.6 Å². The number of fused-ring (bicyclic) bond motifs is 6. The maximum atomic E-state index is 16.1. The van der Waals surface area contributed by atoms with Crippen molar-refractivity contribution in [3.63, 3.8) is 0 Å². The molecule has 2 bridgehead atoms. The number of nitrogens with one attached hydrogen (secondary N) is 1. The summed E-state index contributed by atoms with van der Waals surface area (Å²) in [6, 6.07) is -0.366. The summed E-state index contributed by atoms with van der Waals surface area (Å²) >= 11 is 8.27. The smallest absolute Gasteiger partial charge is 0.422 e. The molecular formula is C24H25FN10O8P2S2. The average Bonchev–Trinajstić information content (AvgIpc) is 3.78. The number of alkyl halides is 1. The van der Waals surface area contributed by atoms with Gasteiger partial charge in [0.15, 0.2) is 29.4 Å². The van der Waals surface area contributed by atoms with Crippen molar-refractivity contribution in [2.24, 2.45) is 11.8 Å². The van der Waals surface area contributed by atoms with Gasteiger partial charge in [-0.3, -0.25) is 18.4 Å². The first-order chi connectivity index (χ1) is 22.4. The molecule has 1 saturated carbocycles. The molecule has 248 valence electrons. The second-order valence-corrected chi connectivity index (χ2v) is 17.0. The number of nitrogens with zero attached hydrogens (tertiary/aromatic N) is 8. The number of thiol groups is 2. The molecule has 47 heavy (non-hydrogen) atoms. The van der Waals surface area contributed by atoms with Gasteiger partial charge in [-0.05, 0) is 24.6 Å². The number of H-pyrrole nitrogens is 1. The molecule has 5 aromatic heterocycles. The number of ether oxygens (including phenoxy) is 1. The van der Waals surface area contributed by atoms with Crippen LogP contribution in [0.25, 0.3) is 28.1 Å². The number of nitrogens with two attached hydrogens (primary N) is 1. The number of hydrogen-bond donors (Lipinski definition) is 4. The van der Waals surface area contributed by atoms with E-state index in [1.807, 2.05) is 0 Å². The minimum absolute atomic E-state index is 0.00123. The molecule has 23 heteroatoms. The van der Waals surface area contributed by atoms with E-state index in [-0.39, 0.29) is 41.2 Å². The van der Waals surface area contributed by atoms with Crippen molar-refractivity contribution in [2.75, 3.05) is 18.9 Å². The van der Waals surface area contributed by atoms with E-state index in [0.29, 0.717) is 17.6 Å². The summed E-state index contributed by atoms with van der Waals surface area (Å²) < 4.78 is 75.9. The number of imidazole rings is 3. The molecule has 2 saturated heterocycles. The average molecular weight is 727 g/mol. The summed E-state index contributed by atoms with van der Waals surface area (Å²) in [7, 11) is 0. The monoisotopic (exact) mass is 726 g/mol. The van der Waals surface area contributed by atoms with Gasteiger partial charge in [-0.15, -0.1) is 0 Å². The fourth-order valence-electron chi connectivity index (χ4n) is 6.33. The van der Waals surface area contributed by atoms with Crippen LogP contribution in [0, 0.1) is 11.8 Å². The van der Waals surface area contributed by atoms with Gasteiger partial charge in [-0.1, -0.05) is 18.8 Å². The van der Waals surface area contributed by atoms with Crippen molar-refractivity contribution in [1.29, 1.82) is 0 Å². The summed E-state index contributed by atoms with van der Waals surface area (Å²) in [4.78, 5) is 36.8. The first-order valence-corrected chi connectivity index (χ1v) is 19.5. The van der Waals surface area contributed by atoms with E-state index in [0.717, 1.165) is 0 Å². The largest absolute Gasteiger partial charge is 0.436 e. The Kier molecular flexibility index (Phi) is 7.34. The van der Waals surface area contributed by atoms with Crippen molar-refractivity contribution >= 4 is 72.0 Å². The number of allylic oxidation sites excluding steroid dienone is 1. The van der Waals surface area contributed by atoms with E-state index in [1.165, 1.54) is 34.0 Å². The summed E-state index contributed by atoms with van der Waals surface area (Å²) in [6.45, 7) is -5.29. The van der Waals surface area contributed by atoms with E-state index >= 15 is 4.39 Å². The van der Waals surface area contributed by atoms with Gasteiger partial charge in [0.2, 0.25) is 5.78 Å². The SMILES string of the molecule is C=C1O[P@](=O)(S)OC[C@H]2O[C@@H](n3cnc4c(=O)n5ccnc5[nH]c43)[C@H](O[P@](=O)(S)OC[C@H]3C[C@@H](n4cnc5c(N)ncnc54)[C@H]13)[C@@H]2F. The van der Waals surface area contributed by atoms with Crippen LogP contribution in [0.2, 0.25) is 0 Å². The van der Waals surface area contributed by atoms with E-state index in [1.54, 1.807) is 10.9 Å². The number of aromatic amines is 1. The van der Waals surface area contributed by atoms with Crippen molar-refractivity contribution in [2.45, 2.75) is 37.1 Å². The Balaban J connectivity index is 1.12. The highest BCUT2D eigenvalue weighted by Crippen LogP contribution is 2.62. The van der Waals surface area contributed by atoms with Gasteiger partial charge in [0.25, 0.3) is 5.56 Å². The zero-order valence-electron chi connectivity index (χ0n) is 23.8. The van der Waals surface area contributed by atoms with Gasteiger partial charge in [0.1, 0.15) is 35.5 Å². The quantitative estimate of drug-likeness (QED) is 0.152. The number of hydrogen-bond acceptors (Lipinski definition) is 14. The zero-order valence-corrected chi connectivity index (χ0v) is 27.4. The number of anilines is 1. The van der Waals surface area contributed by atoms with Crippen LogP contribution in [0.1, 0.15) is 18.7 Å². The second-order valence-electron chi connectivity index (χ2n) is 11.2. The molecule has 5 aromatic rings. The Bertz CT molecular complexity index is 2230. The third-order valence-electron chi connectivity index (χ3n) is 8.55. The second kappa shape index (κ2) is 11.1. The van der Waals surface area contributed by atoms with Crippen molar-refractivity contribution < 1.29 is 36.4 Å².